The number of rotatable bonds is 12. The molecule has 0 aliphatic rings. The first-order valence-corrected chi connectivity index (χ1v) is 36.4. The van der Waals surface area contributed by atoms with Crippen LogP contribution in [0.15, 0.2) is 346 Å². The third-order valence-electron chi connectivity index (χ3n) is 19.4. The van der Waals surface area contributed by atoms with E-state index in [1.807, 2.05) is 121 Å². The molecule has 6 heterocycles. The molecule has 0 unspecified atom stereocenters. The van der Waals surface area contributed by atoms with E-state index < -0.39 is 0 Å². The van der Waals surface area contributed by atoms with Gasteiger partial charge >= 0.3 is 0 Å². The summed E-state index contributed by atoms with van der Waals surface area (Å²) >= 11 is 2.50. The minimum atomic E-state index is 0.616. The maximum Gasteiger partial charge on any atom is 0.164 e. The van der Waals surface area contributed by atoms with E-state index >= 15 is 0 Å². The third-order valence-corrected chi connectivity index (χ3v) is 20.4. The highest BCUT2D eigenvalue weighted by Crippen LogP contribution is 2.47. The second kappa shape index (κ2) is 27.5. The van der Waals surface area contributed by atoms with Crippen LogP contribution in [0.25, 0.3) is 201 Å². The third kappa shape index (κ3) is 11.8. The molecule has 0 saturated heterocycles. The van der Waals surface area contributed by atoms with E-state index in [2.05, 4.69) is 224 Å². The zero-order chi connectivity index (χ0) is 70.3. The van der Waals surface area contributed by atoms with Gasteiger partial charge in [-0.25, -0.2) is 34.9 Å². The molecule has 0 saturated carbocycles. The lowest BCUT2D eigenvalue weighted by atomic mass is 9.90. The molecule has 496 valence electrons. The Hall–Kier alpha value is -13.9. The Kier molecular flexibility index (Phi) is 16.4. The second-order valence-electron chi connectivity index (χ2n) is 25.8. The first-order chi connectivity index (χ1) is 52.6. The number of nitrogens with zero attached hydrogens (tertiary/aromatic N) is 11. The van der Waals surface area contributed by atoms with Crippen molar-refractivity contribution >= 4 is 88.9 Å². The number of hydrogen-bond acceptors (Lipinski definition) is 13. The van der Waals surface area contributed by atoms with E-state index in [9.17, 15) is 0 Å². The highest BCUT2D eigenvalue weighted by atomic mass is 32.1. The van der Waals surface area contributed by atoms with Crippen molar-refractivity contribution in [1.82, 2.24) is 52.4 Å². The lowest BCUT2D eigenvalue weighted by Gasteiger charge is -2.16. The van der Waals surface area contributed by atoms with Crippen molar-refractivity contribution in [3.63, 3.8) is 0 Å². The molecule has 0 atom stereocenters. The van der Waals surface area contributed by atoms with E-state index in [4.69, 9.17) is 52.4 Å². The van der Waals surface area contributed by atoms with Gasteiger partial charge in [0.1, 0.15) is 22.1 Å². The van der Waals surface area contributed by atoms with Crippen molar-refractivity contribution in [1.29, 1.82) is 0 Å². The Bertz CT molecular complexity index is 6120. The second-order valence-corrected chi connectivity index (χ2v) is 26.8. The van der Waals surface area contributed by atoms with Gasteiger partial charge in [-0.05, 0) is 63.7 Å². The molecule has 0 spiro atoms. The predicted octanol–water partition coefficient (Wildman–Crippen LogP) is 23.8. The Labute approximate surface area is 618 Å². The van der Waals surface area contributed by atoms with E-state index in [0.29, 0.717) is 23.3 Å². The van der Waals surface area contributed by atoms with Gasteiger partial charge in [0.15, 0.2) is 23.3 Å². The lowest BCUT2D eigenvalue weighted by Crippen LogP contribution is -2.00. The molecule has 13 heteroatoms. The van der Waals surface area contributed by atoms with E-state index in [1.165, 1.54) is 23.5 Å². The molecule has 106 heavy (non-hydrogen) atoms. The molecule has 6 aromatic heterocycles. The van der Waals surface area contributed by atoms with Crippen LogP contribution in [0.4, 0.5) is 0 Å². The average Bonchev–Trinajstić information content (AvgIpc) is 1.25. The van der Waals surface area contributed by atoms with Gasteiger partial charge in [0.2, 0.25) is 0 Å². The number of aromatic nitrogens is 11. The summed E-state index contributed by atoms with van der Waals surface area (Å²) < 4.78 is 19.6. The van der Waals surface area contributed by atoms with Crippen LogP contribution in [0, 0.1) is 0 Å². The molecule has 0 aliphatic heterocycles. The summed E-state index contributed by atoms with van der Waals surface area (Å²) in [5.74, 6) is 2.58. The van der Waals surface area contributed by atoms with Crippen LogP contribution in [0.1, 0.15) is 0 Å². The molecule has 11 nitrogen and oxygen atoms in total. The fourth-order valence-corrected chi connectivity index (χ4v) is 15.5. The fourth-order valence-electron chi connectivity index (χ4n) is 14.3. The summed E-state index contributed by atoms with van der Waals surface area (Å²) in [5, 5.41) is 6.31. The monoisotopic (exact) mass is 1390 g/mol. The molecule has 20 aromatic rings. The van der Waals surface area contributed by atoms with Crippen molar-refractivity contribution in [2.24, 2.45) is 0 Å². The van der Waals surface area contributed by atoms with Crippen molar-refractivity contribution in [3.05, 3.63) is 346 Å². The molecule has 0 fully saturated rings. The van der Waals surface area contributed by atoms with Gasteiger partial charge < -0.3 is 0 Å². The van der Waals surface area contributed by atoms with E-state index in [1.54, 1.807) is 0 Å². The smallest absolute Gasteiger partial charge is 0.164 e. The summed E-state index contributed by atoms with van der Waals surface area (Å²) in [4.78, 5) is 35.5. The van der Waals surface area contributed by atoms with Gasteiger partial charge in [0, 0.05) is 88.0 Å². The quantitative estimate of drug-likeness (QED) is 0.108. The van der Waals surface area contributed by atoms with E-state index in [-0.39, 0.29) is 0 Å². The molecular weight excluding hydrogens is 1340 g/mol. The van der Waals surface area contributed by atoms with Crippen molar-refractivity contribution in [3.8, 4) is 135 Å². The van der Waals surface area contributed by atoms with Gasteiger partial charge in [0.05, 0.1) is 57.3 Å². The normalized spacial score (nSPS) is 11.4. The van der Waals surface area contributed by atoms with Crippen molar-refractivity contribution in [2.45, 2.75) is 0 Å². The molecule has 20 rings (SSSR count). The summed E-state index contributed by atoms with van der Waals surface area (Å²) in [7, 11) is 0. The maximum absolute atomic E-state index is 5.37. The molecule has 0 bridgehead atoms. The van der Waals surface area contributed by atoms with Crippen LogP contribution in [0.3, 0.4) is 0 Å². The highest BCUT2D eigenvalue weighted by molar-refractivity contribution is 7.00. The Morgan fingerprint density at radius 2 is 0.453 bits per heavy atom. The standard InChI is InChI=1S/C47H29N5S.C46H28N6S/c1-5-14-30(15-6-1)37-28-38-43(46-45(37)51-53-52-46)42-36(22-13-23-39(42)48-44(38)34-18-9-3-10-19-34)31-24-26-33(27-25-31)41-29-40(32-16-7-2-8-17-32)49-47(50-41)35-20-11-4-12-21-35;1-5-14-29(15-6-1)36-28-37-40(43-42(36)51-53-52-43)39-35(22-13-23-38(39)47-41(37)31-16-7-2-8-17-31)30-24-26-34(27-25-30)46-49-44(32-18-9-3-10-19-32)48-45(50-46)33-20-11-4-12-21-33/h1-29H;1-28H. The Balaban J connectivity index is 0.000000145. The van der Waals surface area contributed by atoms with Gasteiger partial charge in [-0.15, -0.1) is 0 Å². The molecule has 0 aliphatic carbocycles. The molecule has 0 N–H and O–H groups in total. The maximum atomic E-state index is 5.37. The minimum Gasteiger partial charge on any atom is -0.247 e. The van der Waals surface area contributed by atoms with Gasteiger partial charge in [-0.2, -0.15) is 17.5 Å². The van der Waals surface area contributed by atoms with Crippen molar-refractivity contribution < 1.29 is 0 Å². The summed E-state index contributed by atoms with van der Waals surface area (Å²) in [5.41, 5.74) is 25.5. The molecule has 14 aromatic carbocycles. The largest absolute Gasteiger partial charge is 0.247 e. The Morgan fingerprint density at radius 3 is 0.821 bits per heavy atom. The number of benzene rings is 14. The average molecular weight is 1390 g/mol. The van der Waals surface area contributed by atoms with Crippen LogP contribution < -0.4 is 0 Å². The van der Waals surface area contributed by atoms with Crippen LogP contribution >= 0.6 is 23.5 Å². The number of fused-ring (bicyclic) bond motifs is 10. The fraction of sp³-hybridized carbons (Fsp3) is 0. The van der Waals surface area contributed by atoms with Crippen LogP contribution in [0.5, 0.6) is 0 Å². The SMILES string of the molecule is c1ccc(-c2cc(-c3ccc(-c4cccc5nc(-c6ccccc6)c6cc(-c7ccccc7)c7nsnc7c6c45)cc3)nc(-c3ccccc3)n2)cc1.c1ccc(-c2nc(-c3ccccc3)nc(-c3ccc(-c4cccc5nc(-c6ccccc6)c6cc(-c7ccccc7)c7nsnc7c6c45)cc3)n2)cc1. The first kappa shape index (κ1) is 63.1. The van der Waals surface area contributed by atoms with Crippen molar-refractivity contribution in [2.75, 3.05) is 0 Å². The molecule has 0 amide bonds. The summed E-state index contributed by atoms with van der Waals surface area (Å²) in [6, 6.07) is 119. The van der Waals surface area contributed by atoms with Crippen LogP contribution in [0.2, 0.25) is 0 Å². The van der Waals surface area contributed by atoms with Crippen LogP contribution in [-0.2, 0) is 0 Å². The zero-order valence-electron chi connectivity index (χ0n) is 56.6. The topological polar surface area (TPSA) is 142 Å². The Morgan fingerprint density at radius 1 is 0.179 bits per heavy atom. The van der Waals surface area contributed by atoms with Gasteiger partial charge in [-0.3, -0.25) is 0 Å². The minimum absolute atomic E-state index is 0.616. The molecular formula is C93H57N11S2. The molecule has 0 radical (unpaired) electrons. The zero-order valence-corrected chi connectivity index (χ0v) is 58.3. The number of pyridine rings is 2. The number of hydrogen-bond donors (Lipinski definition) is 0. The van der Waals surface area contributed by atoms with Crippen LogP contribution in [-0.4, -0.2) is 52.4 Å². The van der Waals surface area contributed by atoms with E-state index in [0.717, 1.165) is 177 Å². The van der Waals surface area contributed by atoms with Gasteiger partial charge in [0.25, 0.3) is 0 Å². The predicted molar refractivity (Wildman–Crippen MR) is 435 cm³/mol. The summed E-state index contributed by atoms with van der Waals surface area (Å²) in [6.07, 6.45) is 0. The summed E-state index contributed by atoms with van der Waals surface area (Å²) in [6.45, 7) is 0. The van der Waals surface area contributed by atoms with Gasteiger partial charge in [-0.1, -0.05) is 315 Å². The lowest BCUT2D eigenvalue weighted by molar-refractivity contribution is 1.07. The first-order valence-electron chi connectivity index (χ1n) is 34.9. The highest BCUT2D eigenvalue weighted by Gasteiger charge is 2.25.